The molecule has 6 heteroatoms. The lowest BCUT2D eigenvalue weighted by atomic mass is 10.1. The van der Waals surface area contributed by atoms with E-state index >= 15 is 0 Å². The first kappa shape index (κ1) is 11.8. The van der Waals surface area contributed by atoms with Crippen LogP contribution < -0.4 is 5.32 Å². The van der Waals surface area contributed by atoms with Crippen LogP contribution >= 0.6 is 0 Å². The van der Waals surface area contributed by atoms with Gasteiger partial charge in [0.2, 0.25) is 5.82 Å². The molecule has 0 aliphatic carbocycles. The smallest absolute Gasteiger partial charge is 0.314 e. The summed E-state index contributed by atoms with van der Waals surface area (Å²) in [5.41, 5.74) is 0.669. The topological polar surface area (TPSA) is 77.3 Å². The lowest BCUT2D eigenvalue weighted by Gasteiger charge is -2.23. The molecule has 1 fully saturated rings. The molecule has 1 aromatic rings. The zero-order valence-electron chi connectivity index (χ0n) is 9.68. The third-order valence-corrected chi connectivity index (χ3v) is 2.81. The second kappa shape index (κ2) is 5.09. The molecule has 1 N–H and O–H groups in total. The van der Waals surface area contributed by atoms with E-state index in [9.17, 15) is 10.1 Å². The van der Waals surface area contributed by atoms with Crippen LogP contribution in [0.15, 0.2) is 12.3 Å². The highest BCUT2D eigenvalue weighted by atomic mass is 16.6. The fraction of sp³-hybridized carbons (Fsp3) is 0.545. The molecule has 0 radical (unpaired) electrons. The minimum atomic E-state index is -0.394. The number of aryl methyl sites for hydroxylation is 1. The zero-order valence-corrected chi connectivity index (χ0v) is 9.68. The van der Waals surface area contributed by atoms with E-state index in [1.54, 1.807) is 19.2 Å². The number of nitrogens with one attached hydrogen (secondary N) is 1. The highest BCUT2D eigenvalue weighted by Crippen LogP contribution is 2.26. The van der Waals surface area contributed by atoms with E-state index in [-0.39, 0.29) is 11.7 Å². The number of nitrogens with zero attached hydrogens (tertiary/aromatic N) is 2. The minimum Gasteiger partial charge on any atom is -0.379 e. The maximum atomic E-state index is 11.0. The molecule has 0 aromatic carbocycles. The van der Waals surface area contributed by atoms with Gasteiger partial charge in [-0.05, 0) is 25.8 Å². The van der Waals surface area contributed by atoms with E-state index in [0.717, 1.165) is 19.4 Å². The highest BCUT2D eigenvalue weighted by Gasteiger charge is 2.22. The Morgan fingerprint density at radius 3 is 3.12 bits per heavy atom. The summed E-state index contributed by atoms with van der Waals surface area (Å²) in [7, 11) is 0. The quantitative estimate of drug-likeness (QED) is 0.641. The van der Waals surface area contributed by atoms with Crippen LogP contribution in [0.3, 0.4) is 0 Å². The lowest BCUT2D eigenvalue weighted by Crippen LogP contribution is -2.30. The average Bonchev–Trinajstić information content (AvgIpc) is 2.30. The highest BCUT2D eigenvalue weighted by molar-refractivity contribution is 5.60. The van der Waals surface area contributed by atoms with Crippen molar-refractivity contribution in [1.82, 2.24) is 4.98 Å². The van der Waals surface area contributed by atoms with Gasteiger partial charge in [0.25, 0.3) is 0 Å². The predicted octanol–water partition coefficient (Wildman–Crippen LogP) is 1.89. The van der Waals surface area contributed by atoms with E-state index in [1.165, 1.54) is 0 Å². The number of hydrogen-bond donors (Lipinski definition) is 1. The third-order valence-electron chi connectivity index (χ3n) is 2.81. The fourth-order valence-electron chi connectivity index (χ4n) is 1.93. The summed E-state index contributed by atoms with van der Waals surface area (Å²) >= 11 is 0. The average molecular weight is 237 g/mol. The van der Waals surface area contributed by atoms with Gasteiger partial charge in [0.05, 0.1) is 17.6 Å². The summed E-state index contributed by atoms with van der Waals surface area (Å²) in [4.78, 5) is 14.6. The van der Waals surface area contributed by atoms with Crippen LogP contribution in [0.25, 0.3) is 0 Å². The molecule has 1 aromatic heterocycles. The van der Waals surface area contributed by atoms with Gasteiger partial charge in [-0.25, -0.2) is 4.98 Å². The van der Waals surface area contributed by atoms with Crippen LogP contribution in [-0.2, 0) is 4.74 Å². The van der Waals surface area contributed by atoms with Crippen LogP contribution in [0.1, 0.15) is 18.4 Å². The van der Waals surface area contributed by atoms with Crippen molar-refractivity contribution in [3.63, 3.8) is 0 Å². The fourth-order valence-corrected chi connectivity index (χ4v) is 1.93. The van der Waals surface area contributed by atoms with Gasteiger partial charge >= 0.3 is 5.69 Å². The second-order valence-corrected chi connectivity index (χ2v) is 4.14. The monoisotopic (exact) mass is 237 g/mol. The third kappa shape index (κ3) is 2.71. The molecule has 1 aliphatic rings. The Kier molecular flexibility index (Phi) is 3.53. The first-order valence-electron chi connectivity index (χ1n) is 5.63. The lowest BCUT2D eigenvalue weighted by molar-refractivity contribution is -0.384. The number of rotatable bonds is 3. The largest absolute Gasteiger partial charge is 0.379 e. The van der Waals surface area contributed by atoms with Crippen molar-refractivity contribution in [2.75, 3.05) is 18.5 Å². The Morgan fingerprint density at radius 1 is 1.65 bits per heavy atom. The molecule has 1 aliphatic heterocycles. The molecule has 2 rings (SSSR count). The van der Waals surface area contributed by atoms with Crippen molar-refractivity contribution in [2.24, 2.45) is 0 Å². The van der Waals surface area contributed by atoms with Gasteiger partial charge in [-0.15, -0.1) is 0 Å². The Balaban J connectivity index is 2.19. The Hall–Kier alpha value is -1.69. The zero-order chi connectivity index (χ0) is 12.3. The Bertz CT molecular complexity index is 416. The molecular weight excluding hydrogens is 222 g/mol. The molecule has 0 spiro atoms. The first-order valence-corrected chi connectivity index (χ1v) is 5.63. The van der Waals surface area contributed by atoms with Gasteiger partial charge in [-0.3, -0.25) is 10.1 Å². The predicted molar refractivity (Wildman–Crippen MR) is 63.1 cm³/mol. The van der Waals surface area contributed by atoms with E-state index in [4.69, 9.17) is 4.74 Å². The van der Waals surface area contributed by atoms with Crippen LogP contribution in [0.2, 0.25) is 0 Å². The molecule has 17 heavy (non-hydrogen) atoms. The molecule has 92 valence electrons. The summed E-state index contributed by atoms with van der Waals surface area (Å²) < 4.78 is 5.32. The summed E-state index contributed by atoms with van der Waals surface area (Å²) in [6.45, 7) is 3.05. The first-order chi connectivity index (χ1) is 8.18. The number of aromatic nitrogens is 1. The maximum Gasteiger partial charge on any atom is 0.314 e. The Morgan fingerprint density at radius 2 is 2.47 bits per heavy atom. The number of anilines is 1. The summed E-state index contributed by atoms with van der Waals surface area (Å²) in [6.07, 6.45) is 3.50. The van der Waals surface area contributed by atoms with Crippen molar-refractivity contribution in [2.45, 2.75) is 25.8 Å². The van der Waals surface area contributed by atoms with E-state index < -0.39 is 4.92 Å². The van der Waals surface area contributed by atoms with Gasteiger partial charge in [-0.2, -0.15) is 0 Å². The van der Waals surface area contributed by atoms with Gasteiger partial charge < -0.3 is 10.1 Å². The maximum absolute atomic E-state index is 11.0. The van der Waals surface area contributed by atoms with E-state index in [1.807, 2.05) is 0 Å². The number of pyridine rings is 1. The SMILES string of the molecule is Cc1ccnc(NC2CCCOC2)c1[N+](=O)[O-]. The molecule has 0 amide bonds. The number of ether oxygens (including phenoxy) is 1. The van der Waals surface area contributed by atoms with Gasteiger partial charge in [0.15, 0.2) is 0 Å². The normalized spacial score (nSPS) is 19.9. The van der Waals surface area contributed by atoms with Crippen molar-refractivity contribution in [3.05, 3.63) is 27.9 Å². The number of hydrogen-bond acceptors (Lipinski definition) is 5. The van der Waals surface area contributed by atoms with Gasteiger partial charge in [-0.1, -0.05) is 0 Å². The number of nitro groups is 1. The van der Waals surface area contributed by atoms with E-state index in [2.05, 4.69) is 10.3 Å². The van der Waals surface area contributed by atoms with Crippen molar-refractivity contribution < 1.29 is 9.66 Å². The standard InChI is InChI=1S/C11H15N3O3/c1-8-4-5-12-11(10(8)14(15)16)13-9-3-2-6-17-7-9/h4-5,9H,2-3,6-7H2,1H3,(H,12,13). The van der Waals surface area contributed by atoms with Crippen molar-refractivity contribution in [3.8, 4) is 0 Å². The van der Waals surface area contributed by atoms with Crippen molar-refractivity contribution in [1.29, 1.82) is 0 Å². The molecule has 6 nitrogen and oxygen atoms in total. The van der Waals surface area contributed by atoms with Crippen LogP contribution in [0.4, 0.5) is 11.5 Å². The van der Waals surface area contributed by atoms with Gasteiger partial charge in [0.1, 0.15) is 0 Å². The molecular formula is C11H15N3O3. The van der Waals surface area contributed by atoms with Crippen LogP contribution in [0, 0.1) is 17.0 Å². The minimum absolute atomic E-state index is 0.0538. The van der Waals surface area contributed by atoms with Crippen LogP contribution in [-0.4, -0.2) is 29.2 Å². The van der Waals surface area contributed by atoms with Gasteiger partial charge in [0, 0.05) is 18.4 Å². The molecule has 1 unspecified atom stereocenters. The summed E-state index contributed by atoms with van der Waals surface area (Å²) in [5, 5.41) is 14.1. The molecule has 1 atom stereocenters. The van der Waals surface area contributed by atoms with Crippen molar-refractivity contribution >= 4 is 11.5 Å². The summed E-state index contributed by atoms with van der Waals surface area (Å²) in [6, 6.07) is 1.75. The molecule has 0 bridgehead atoms. The molecule has 0 saturated carbocycles. The van der Waals surface area contributed by atoms with Crippen LogP contribution in [0.5, 0.6) is 0 Å². The second-order valence-electron chi connectivity index (χ2n) is 4.14. The van der Waals surface area contributed by atoms with E-state index in [0.29, 0.717) is 18.0 Å². The summed E-state index contributed by atoms with van der Waals surface area (Å²) in [5.74, 6) is 0.338. The molecule has 2 heterocycles. The molecule has 1 saturated heterocycles. The Labute approximate surface area is 99.2 Å².